The molecule has 10 aromatic rings. The Morgan fingerprint density at radius 1 is 0.476 bits per heavy atom. The lowest BCUT2D eigenvalue weighted by Crippen LogP contribution is -2.25. The number of unbranched alkanes of at least 4 members (excludes halogenated alkanes) is 1. The van der Waals surface area contributed by atoms with Crippen LogP contribution in [-0.4, -0.2) is 99.7 Å². The molecule has 0 fully saturated rings. The number of hydrogen-bond donors (Lipinski definition) is 4. The number of pyridine rings is 6. The summed E-state index contributed by atoms with van der Waals surface area (Å²) in [6, 6.07) is 26.3. The smallest absolute Gasteiger partial charge is 0.459 e. The molecule has 0 amide bonds. The maximum absolute atomic E-state index is 12.5. The van der Waals surface area contributed by atoms with E-state index >= 15 is 0 Å². The topological polar surface area (TPSA) is 344 Å². The van der Waals surface area contributed by atoms with Gasteiger partial charge in [-0.25, -0.2) is 23.5 Å². The number of Topliss-reactive ketones (excluding diaryl/α,β-unsaturated/α-hetero) is 1. The molecule has 568 valence electrons. The predicted octanol–water partition coefficient (Wildman–Crippen LogP) is 14.7. The Labute approximate surface area is 610 Å². The molecule has 8 N–H and O–H groups in total. The number of nitrogen functional groups attached to an aromatic ring is 2. The standard InChI is InChI=1S/C10H9F3N4.C10H5F3N4.C9H5F3IN3.C9H7F3N4.C6H8N2.C5H6N2.C4H2F3NO.C4H5F3O2.C4H10.2ClH/c2*11-10(12,13)9-4-8(5-14)17(16-9)7-2-1-3-15-6-7;2*10-9(11,12)7-4-8(13)16(15-7)6-2-1-3-14-5-6;7-4-6-2-1-3-8-5-6;6-5-2-1-3-7-4-5;5-4(6,7)3(9)1-2-8;1-2-9-3(8)4(5,6)7;1-3-4-2;;/h1-4,6H,5,14H2;1-4,6H;1-5H;1-5H,13H2;1-3,5H,4,7H2;1-4H,6H2;1H2;2H2,1H3;3-4H2,1-2H3;2*1H. The van der Waals surface area contributed by atoms with Crippen LogP contribution in [0.2, 0.25) is 0 Å². The molecule has 0 aliphatic carbocycles. The first kappa shape index (κ1) is 94.4. The quantitative estimate of drug-likeness (QED) is 0.0592. The maximum atomic E-state index is 12.5. The number of nitrogens with zero attached hydrogens (tertiary/aromatic N) is 16. The van der Waals surface area contributed by atoms with E-state index in [1.54, 1.807) is 114 Å². The molecule has 10 rings (SSSR count). The van der Waals surface area contributed by atoms with Crippen molar-refractivity contribution in [3.63, 3.8) is 0 Å². The summed E-state index contributed by atoms with van der Waals surface area (Å²) in [5, 5.41) is 30.1. The molecule has 0 aromatic carbocycles. The fourth-order valence-corrected chi connectivity index (χ4v) is 7.02. The molecule has 10 aromatic heterocycles. The minimum Gasteiger partial charge on any atom is -0.459 e. The van der Waals surface area contributed by atoms with Crippen LogP contribution in [-0.2, 0) is 52.1 Å². The highest BCUT2D eigenvalue weighted by molar-refractivity contribution is 14.1. The number of alkyl halides is 18. The van der Waals surface area contributed by atoms with Gasteiger partial charge >= 0.3 is 43.0 Å². The largest absolute Gasteiger partial charge is 0.490 e. The number of esters is 1. The van der Waals surface area contributed by atoms with Crippen molar-refractivity contribution in [2.45, 2.75) is 90.2 Å². The normalized spacial score (nSPS) is 10.7. The van der Waals surface area contributed by atoms with E-state index in [4.69, 9.17) is 33.5 Å². The van der Waals surface area contributed by atoms with Gasteiger partial charge in [-0.2, -0.15) is 110 Å². The lowest BCUT2D eigenvalue weighted by atomic mass is 10.3. The summed E-state index contributed by atoms with van der Waals surface area (Å²) in [6.07, 6.45) is -7.68. The second-order valence-corrected chi connectivity index (χ2v) is 20.0. The number of hydrogen-bond acceptors (Lipinski definition) is 19. The molecule has 0 spiro atoms. The van der Waals surface area contributed by atoms with Crippen molar-refractivity contribution in [3.05, 3.63) is 215 Å². The Bertz CT molecular complexity index is 4080. The van der Waals surface area contributed by atoms with Gasteiger partial charge in [-0.15, -0.1) is 24.8 Å². The fraction of sp³-hybridized carbons (Fsp3) is 0.246. The predicted molar refractivity (Wildman–Crippen MR) is 355 cm³/mol. The van der Waals surface area contributed by atoms with Gasteiger partial charge in [0.1, 0.15) is 27.7 Å². The van der Waals surface area contributed by atoms with Crippen molar-refractivity contribution in [3.8, 4) is 34.9 Å². The summed E-state index contributed by atoms with van der Waals surface area (Å²) in [5.74, 6) is -4.21. The molecule has 0 saturated heterocycles. The summed E-state index contributed by atoms with van der Waals surface area (Å²) in [6.45, 7) is 5.97. The number of ether oxygens (including phenoxy) is 1. The van der Waals surface area contributed by atoms with Gasteiger partial charge in [0.15, 0.2) is 22.8 Å². The Balaban J connectivity index is 0.00000119. The number of carbonyl (C=O) groups is 2. The van der Waals surface area contributed by atoms with E-state index in [1.807, 2.05) is 12.1 Å². The monoisotopic (exact) mass is 1660 g/mol. The Morgan fingerprint density at radius 3 is 1.13 bits per heavy atom. The van der Waals surface area contributed by atoms with Crippen LogP contribution in [0.5, 0.6) is 0 Å². The minimum atomic E-state index is -4.85. The third kappa shape index (κ3) is 34.5. The van der Waals surface area contributed by atoms with Gasteiger partial charge in [0, 0.05) is 80.9 Å². The van der Waals surface area contributed by atoms with Crippen molar-refractivity contribution in [2.24, 2.45) is 11.5 Å². The number of rotatable bonds is 9. The van der Waals surface area contributed by atoms with E-state index in [0.29, 0.717) is 44.7 Å². The third-order valence-corrected chi connectivity index (χ3v) is 11.9. The lowest BCUT2D eigenvalue weighted by molar-refractivity contribution is -0.199. The SMILES string of the molecule is CCCC.CCOC(=O)C(F)(F)F.Cl.Cl.FC(F)(F)c1cc(I)n(-c2cccnc2)n1.N#CCC(=O)C(F)(F)F.N#Cc1cc(C(F)(F)F)nn1-c1cccnc1.NCc1cc(C(F)(F)F)nn1-c1cccnc1.NCc1cccnc1.Nc1cc(C(F)(F)F)nn1-c1cccnc1.Nc1cccnc1. The summed E-state index contributed by atoms with van der Waals surface area (Å²) in [7, 11) is 0. The van der Waals surface area contributed by atoms with Crippen LogP contribution >= 0.6 is 47.4 Å². The zero-order valence-corrected chi connectivity index (χ0v) is 57.9. The van der Waals surface area contributed by atoms with E-state index in [2.05, 4.69) is 68.9 Å². The molecule has 0 atom stereocenters. The molecule has 23 nitrogen and oxygen atoms in total. The van der Waals surface area contributed by atoms with Crippen LogP contribution in [0, 0.1) is 26.4 Å². The first-order chi connectivity index (χ1) is 48.2. The molecule has 0 bridgehead atoms. The van der Waals surface area contributed by atoms with E-state index in [0.717, 1.165) is 43.9 Å². The zero-order chi connectivity index (χ0) is 77.8. The number of anilines is 2. The summed E-state index contributed by atoms with van der Waals surface area (Å²) in [5.41, 5.74) is 21.0. The molecule has 0 unspecified atom stereocenters. The van der Waals surface area contributed by atoms with Gasteiger partial charge in [0.25, 0.3) is 0 Å². The van der Waals surface area contributed by atoms with Crippen LogP contribution in [0.1, 0.15) is 79.8 Å². The molecule has 10 heterocycles. The van der Waals surface area contributed by atoms with Crippen molar-refractivity contribution >= 4 is 70.7 Å². The van der Waals surface area contributed by atoms with Crippen LogP contribution in [0.15, 0.2) is 171 Å². The molecule has 0 aliphatic rings. The van der Waals surface area contributed by atoms with E-state index in [1.165, 1.54) is 73.9 Å². The molecule has 105 heavy (non-hydrogen) atoms. The maximum Gasteiger partial charge on any atom is 0.490 e. The number of halogens is 21. The molecule has 0 aliphatic heterocycles. The van der Waals surface area contributed by atoms with Crippen LogP contribution in [0.3, 0.4) is 0 Å². The average molecular weight is 1660 g/mol. The van der Waals surface area contributed by atoms with Crippen LogP contribution < -0.4 is 22.9 Å². The van der Waals surface area contributed by atoms with Crippen molar-refractivity contribution in [1.29, 1.82) is 10.5 Å². The van der Waals surface area contributed by atoms with E-state index in [9.17, 15) is 88.6 Å². The molecular formula is C61H59Cl2F18IN20O3. The Kier molecular flexibility index (Phi) is 40.9. The third-order valence-electron chi connectivity index (χ3n) is 11.1. The van der Waals surface area contributed by atoms with E-state index < -0.39 is 78.0 Å². The van der Waals surface area contributed by atoms with Gasteiger partial charge in [0.2, 0.25) is 5.78 Å². The van der Waals surface area contributed by atoms with Gasteiger partial charge in [0.05, 0.1) is 71.6 Å². The van der Waals surface area contributed by atoms with Gasteiger partial charge in [-0.1, -0.05) is 32.8 Å². The van der Waals surface area contributed by atoms with Crippen molar-refractivity contribution in [1.82, 2.24) is 69.0 Å². The number of nitrogens with two attached hydrogens (primary N) is 4. The average Bonchev–Trinajstić information content (AvgIpc) is 1.72. The highest BCUT2D eigenvalue weighted by Gasteiger charge is 2.41. The Hall–Kier alpha value is -10.6. The number of nitriles is 2. The summed E-state index contributed by atoms with van der Waals surface area (Å²) < 4.78 is 224. The van der Waals surface area contributed by atoms with Gasteiger partial charge in [-0.05, 0) is 108 Å². The molecule has 0 saturated carbocycles. The van der Waals surface area contributed by atoms with Crippen LogP contribution in [0.25, 0.3) is 22.7 Å². The van der Waals surface area contributed by atoms with E-state index in [-0.39, 0.29) is 55.2 Å². The zero-order valence-electron chi connectivity index (χ0n) is 54.1. The van der Waals surface area contributed by atoms with Gasteiger partial charge in [-0.3, -0.25) is 34.7 Å². The van der Waals surface area contributed by atoms with Crippen molar-refractivity contribution < 1.29 is 93.4 Å². The highest BCUT2D eigenvalue weighted by Crippen LogP contribution is 2.33. The summed E-state index contributed by atoms with van der Waals surface area (Å²) >= 11 is 1.80. The lowest BCUT2D eigenvalue weighted by Gasteiger charge is -2.04. The first-order valence-electron chi connectivity index (χ1n) is 28.5. The highest BCUT2D eigenvalue weighted by atomic mass is 127. The van der Waals surface area contributed by atoms with Crippen molar-refractivity contribution in [2.75, 3.05) is 18.1 Å². The number of aromatic nitrogens is 14. The number of ketones is 1. The van der Waals surface area contributed by atoms with Gasteiger partial charge < -0.3 is 27.7 Å². The second kappa shape index (κ2) is 45.5. The molecule has 0 radical (unpaired) electrons. The summed E-state index contributed by atoms with van der Waals surface area (Å²) in [4.78, 5) is 42.3. The number of carbonyl (C=O) groups excluding carboxylic acids is 2. The van der Waals surface area contributed by atoms with Crippen LogP contribution in [0.4, 0.5) is 90.5 Å². The molecular weight excluding hydrogens is 1600 g/mol. The minimum absolute atomic E-state index is 0. The Morgan fingerprint density at radius 2 is 0.848 bits per heavy atom. The first-order valence-corrected chi connectivity index (χ1v) is 29.6. The second-order valence-electron chi connectivity index (χ2n) is 18.9. The fourth-order valence-electron chi connectivity index (χ4n) is 6.34. The molecule has 44 heteroatoms.